The molecule has 2 atom stereocenters. The van der Waals surface area contributed by atoms with E-state index in [4.69, 9.17) is 4.42 Å². The fourth-order valence-electron chi connectivity index (χ4n) is 13.6. The average Bonchev–Trinajstić information content (AvgIpc) is 2.80. The largest absolute Gasteiger partial charge is 0.456 e. The molecule has 2 aliphatic carbocycles. The first kappa shape index (κ1) is 49.4. The Hall–Kier alpha value is -10.6. The summed E-state index contributed by atoms with van der Waals surface area (Å²) in [5.74, 6) is -0.566. The highest BCUT2D eigenvalue weighted by atomic mass is 19.1. The van der Waals surface area contributed by atoms with E-state index in [1.807, 2.05) is 48.6 Å². The van der Waals surface area contributed by atoms with Gasteiger partial charge in [0.1, 0.15) is 22.8 Å². The number of furan rings is 1. The summed E-state index contributed by atoms with van der Waals surface area (Å²) >= 11 is 0. The van der Waals surface area contributed by atoms with Gasteiger partial charge in [0, 0.05) is 44.9 Å². The van der Waals surface area contributed by atoms with Crippen LogP contribution in [-0.2, 0) is 10.8 Å². The van der Waals surface area contributed by atoms with Crippen LogP contribution < -0.4 is 9.80 Å². The lowest BCUT2D eigenvalue weighted by Crippen LogP contribution is -2.29. The zero-order valence-electron chi connectivity index (χ0n) is 45.2. The Morgan fingerprint density at radius 3 is 1.01 bits per heavy atom. The minimum absolute atomic E-state index is 0.283. The van der Waals surface area contributed by atoms with Crippen molar-refractivity contribution in [2.75, 3.05) is 9.80 Å². The van der Waals surface area contributed by atoms with Gasteiger partial charge in [0.2, 0.25) is 0 Å². The lowest BCUT2D eigenvalue weighted by Gasteiger charge is -2.35. The number of anilines is 6. The van der Waals surface area contributed by atoms with Crippen LogP contribution in [0.25, 0.3) is 56.3 Å². The second-order valence-electron chi connectivity index (χ2n) is 21.5. The van der Waals surface area contributed by atoms with Gasteiger partial charge in [0.05, 0.1) is 10.8 Å². The SMILES string of the molecule is C=Cc1ccc(C2(c3ccc(F)cc3)c3ccccc3-c3ccc(N(c4ccccc4)c4ccc5oc6ccc(N(c7ccccc7)c7ccc8c(c7)C(c7ccc(F)cc7)(c7ccc(C=C)cc7)c7ccccc7-8)cc6c5c4)cc32)cc1. The zero-order chi connectivity index (χ0) is 55.8. The minimum Gasteiger partial charge on any atom is -0.456 e. The molecule has 13 aromatic rings. The quantitative estimate of drug-likeness (QED) is 0.122. The lowest BCUT2D eigenvalue weighted by molar-refractivity contribution is 0.624. The van der Waals surface area contributed by atoms with Crippen molar-refractivity contribution >= 4 is 68.2 Å². The minimum atomic E-state index is -0.772. The van der Waals surface area contributed by atoms with Gasteiger partial charge in [0.15, 0.2) is 0 Å². The molecule has 1 aromatic heterocycles. The van der Waals surface area contributed by atoms with E-state index in [1.165, 1.54) is 0 Å². The maximum atomic E-state index is 14.9. The monoisotopic (exact) mass is 1070 g/mol. The zero-order valence-corrected chi connectivity index (χ0v) is 45.2. The number of hydrogen-bond donors (Lipinski definition) is 0. The smallest absolute Gasteiger partial charge is 0.135 e. The fraction of sp³-hybridized carbons (Fsp3) is 0.0256. The van der Waals surface area contributed by atoms with E-state index in [0.29, 0.717) is 0 Å². The number of nitrogens with zero attached hydrogens (tertiary/aromatic N) is 2. The van der Waals surface area contributed by atoms with Crippen LogP contribution in [0.1, 0.15) is 55.6 Å². The number of benzene rings is 12. The predicted molar refractivity (Wildman–Crippen MR) is 338 cm³/mol. The summed E-state index contributed by atoms with van der Waals surface area (Å²) in [6, 6.07) is 95.9. The third kappa shape index (κ3) is 7.69. The number of fused-ring (bicyclic) bond motifs is 9. The number of rotatable bonds is 12. The molecule has 12 aromatic carbocycles. The fourth-order valence-corrected chi connectivity index (χ4v) is 13.6. The highest BCUT2D eigenvalue weighted by Crippen LogP contribution is 2.59. The summed E-state index contributed by atoms with van der Waals surface area (Å²) < 4.78 is 36.6. The molecule has 2 aliphatic rings. The molecule has 3 nitrogen and oxygen atoms in total. The Morgan fingerprint density at radius 2 is 0.627 bits per heavy atom. The van der Waals surface area contributed by atoms with Gasteiger partial charge in [0.25, 0.3) is 0 Å². The van der Waals surface area contributed by atoms with Crippen molar-refractivity contribution in [3.8, 4) is 22.3 Å². The van der Waals surface area contributed by atoms with Crippen molar-refractivity contribution < 1.29 is 13.2 Å². The van der Waals surface area contributed by atoms with Gasteiger partial charge < -0.3 is 14.2 Å². The summed E-state index contributed by atoms with van der Waals surface area (Å²) in [6.45, 7) is 8.10. The Balaban J connectivity index is 0.904. The van der Waals surface area contributed by atoms with Crippen LogP contribution in [0.2, 0.25) is 0 Å². The average molecular weight is 1070 g/mol. The molecule has 0 amide bonds. The summed E-state index contributed by atoms with van der Waals surface area (Å²) in [4.78, 5) is 4.64. The third-order valence-corrected chi connectivity index (χ3v) is 17.3. The number of halogens is 2. The van der Waals surface area contributed by atoms with Crippen LogP contribution in [0.4, 0.5) is 42.9 Å². The molecular weight excluding hydrogens is 1020 g/mol. The van der Waals surface area contributed by atoms with Crippen molar-refractivity contribution in [1.29, 1.82) is 0 Å². The molecule has 0 bridgehead atoms. The first-order valence-electron chi connectivity index (χ1n) is 28.0. The van der Waals surface area contributed by atoms with E-state index in [1.54, 1.807) is 24.3 Å². The molecule has 2 unspecified atom stereocenters. The van der Waals surface area contributed by atoms with Crippen molar-refractivity contribution in [3.05, 3.63) is 359 Å². The second-order valence-corrected chi connectivity index (χ2v) is 21.5. The Labute approximate surface area is 481 Å². The normalized spacial score (nSPS) is 15.5. The van der Waals surface area contributed by atoms with Gasteiger partial charge in [-0.1, -0.05) is 195 Å². The first-order valence-corrected chi connectivity index (χ1v) is 28.0. The van der Waals surface area contributed by atoms with Gasteiger partial charge in [-0.15, -0.1) is 0 Å². The lowest BCUT2D eigenvalue weighted by atomic mass is 9.67. The molecule has 5 heteroatoms. The van der Waals surface area contributed by atoms with E-state index in [2.05, 4.69) is 241 Å². The predicted octanol–water partition coefficient (Wildman–Crippen LogP) is 20.8. The van der Waals surface area contributed by atoms with Crippen LogP contribution in [0.5, 0.6) is 0 Å². The van der Waals surface area contributed by atoms with E-state index in [9.17, 15) is 8.78 Å². The van der Waals surface area contributed by atoms with E-state index in [0.717, 1.165) is 134 Å². The third-order valence-electron chi connectivity index (χ3n) is 17.3. The molecule has 0 radical (unpaired) electrons. The molecule has 0 spiro atoms. The van der Waals surface area contributed by atoms with Gasteiger partial charge in [-0.05, 0) is 187 Å². The Morgan fingerprint density at radius 1 is 0.301 bits per heavy atom. The molecule has 0 saturated carbocycles. The topological polar surface area (TPSA) is 19.6 Å². The van der Waals surface area contributed by atoms with Crippen molar-refractivity contribution in [3.63, 3.8) is 0 Å². The second kappa shape index (κ2) is 19.6. The standard InChI is InChI=1S/C78H52F2N2O/c1-3-51-23-27-53(28-24-51)77(55-31-35-57(79)36-32-55)71-21-13-11-19-65(71)67-43-39-63(49-73(67)77)81(59-15-7-5-8-16-59)61-41-45-75-69(47-61)70-48-62(42-46-76(70)83-75)82(60-17-9-6-10-18-60)64-40-44-68-66-20-12-14-22-72(66)78(74(68)50-64,56-33-37-58(80)38-34-56)54-29-25-52(4-2)26-30-54/h3-50H,1-2H2. The van der Waals surface area contributed by atoms with Gasteiger partial charge in [-0.3, -0.25) is 0 Å². The molecule has 1 heterocycles. The van der Waals surface area contributed by atoms with Gasteiger partial charge >= 0.3 is 0 Å². The van der Waals surface area contributed by atoms with Crippen molar-refractivity contribution in [1.82, 2.24) is 0 Å². The molecule has 0 fully saturated rings. The van der Waals surface area contributed by atoms with Crippen LogP contribution in [0, 0.1) is 11.6 Å². The Kier molecular flexibility index (Phi) is 11.7. The van der Waals surface area contributed by atoms with Gasteiger partial charge in [-0.2, -0.15) is 0 Å². The van der Waals surface area contributed by atoms with Crippen LogP contribution in [0.15, 0.2) is 297 Å². The van der Waals surface area contributed by atoms with E-state index in [-0.39, 0.29) is 11.6 Å². The van der Waals surface area contributed by atoms with E-state index >= 15 is 0 Å². The Bertz CT molecular complexity index is 4370. The molecule has 83 heavy (non-hydrogen) atoms. The molecule has 0 N–H and O–H groups in total. The maximum Gasteiger partial charge on any atom is 0.135 e. The molecular formula is C78H52F2N2O. The summed E-state index contributed by atoms with van der Waals surface area (Å²) in [5, 5.41) is 1.93. The van der Waals surface area contributed by atoms with Crippen LogP contribution in [-0.4, -0.2) is 0 Å². The molecule has 0 aliphatic heterocycles. The highest BCUT2D eigenvalue weighted by Gasteiger charge is 2.48. The van der Waals surface area contributed by atoms with Crippen molar-refractivity contribution in [2.45, 2.75) is 10.8 Å². The highest BCUT2D eigenvalue weighted by molar-refractivity contribution is 6.08. The number of para-hydroxylation sites is 2. The molecule has 394 valence electrons. The maximum absolute atomic E-state index is 14.9. The number of hydrogen-bond acceptors (Lipinski definition) is 3. The summed E-state index contributed by atoms with van der Waals surface area (Å²) in [5.41, 5.74) is 20.9. The van der Waals surface area contributed by atoms with Gasteiger partial charge in [-0.25, -0.2) is 8.78 Å². The van der Waals surface area contributed by atoms with Crippen LogP contribution in [0.3, 0.4) is 0 Å². The summed E-state index contributed by atoms with van der Waals surface area (Å²) in [7, 11) is 0. The first-order chi connectivity index (χ1) is 40.8. The molecule has 0 saturated heterocycles. The van der Waals surface area contributed by atoms with Crippen molar-refractivity contribution in [2.24, 2.45) is 0 Å². The molecule has 15 rings (SSSR count). The summed E-state index contributed by atoms with van der Waals surface area (Å²) in [6.07, 6.45) is 3.72. The van der Waals surface area contributed by atoms with Crippen LogP contribution >= 0.6 is 0 Å². The van der Waals surface area contributed by atoms with E-state index < -0.39 is 10.8 Å².